The molecule has 0 aliphatic heterocycles. The van der Waals surface area contributed by atoms with Gasteiger partial charge in [-0.3, -0.25) is 24.0 Å². The number of hydrogen-bond donors (Lipinski definition) is 3. The topological polar surface area (TPSA) is 222 Å². The molecule has 0 spiro atoms. The maximum absolute atomic E-state index is 12.2. The highest BCUT2D eigenvalue weighted by atomic mass is 35.5. The van der Waals surface area contributed by atoms with Gasteiger partial charge in [0.2, 0.25) is 11.1 Å². The number of aromatic amines is 1. The van der Waals surface area contributed by atoms with Gasteiger partial charge >= 0.3 is 0 Å². The lowest BCUT2D eigenvalue weighted by molar-refractivity contribution is -0.122. The normalized spacial score (nSPS) is 14.0. The summed E-state index contributed by atoms with van der Waals surface area (Å²) in [6.45, 7) is 3.36. The van der Waals surface area contributed by atoms with Crippen molar-refractivity contribution < 1.29 is 61.8 Å². The molecule has 1 aromatic heterocycles. The number of rotatable bonds is 21. The zero-order valence-corrected chi connectivity index (χ0v) is 42.7. The number of ketones is 2. The number of pyridine rings is 1. The molecular weight excluding hydrogens is 984 g/mol. The van der Waals surface area contributed by atoms with Gasteiger partial charge in [0.1, 0.15) is 52.1 Å². The Morgan fingerprint density at radius 2 is 1.07 bits per heavy atom. The van der Waals surface area contributed by atoms with E-state index in [-0.39, 0.29) is 75.5 Å². The predicted octanol–water partition coefficient (Wildman–Crippen LogP) is 9.23. The first-order valence-corrected chi connectivity index (χ1v) is 23.3. The SMILES string of the molecule is COC(COc1ccc(C(C)=O)c(N)c1Cl)OC.COC(COc1ccc(C(C)=O)c(NC(=O)C2CC2)c1Cl)OC.COC(COc1ccc2c(=O)cc(C3CC3)[nH]c2c1Cl)OC.O=C(Cl)C1CC1. The molecule has 1 amide bonds. The minimum atomic E-state index is -0.539. The van der Waals surface area contributed by atoms with Crippen molar-refractivity contribution in [1.29, 1.82) is 0 Å². The van der Waals surface area contributed by atoms with Crippen molar-refractivity contribution in [3.05, 3.63) is 84.6 Å². The fraction of sp³-hybridized carbons (Fsp3) is 0.479. The molecule has 3 saturated carbocycles. The molecule has 0 atom stereocenters. The van der Waals surface area contributed by atoms with Crippen molar-refractivity contribution in [1.82, 2.24) is 4.98 Å². The van der Waals surface area contributed by atoms with Gasteiger partial charge in [-0.05, 0) is 106 Å². The van der Waals surface area contributed by atoms with Crippen LogP contribution in [0.25, 0.3) is 10.9 Å². The summed E-state index contributed by atoms with van der Waals surface area (Å²) in [4.78, 5) is 60.5. The van der Waals surface area contributed by atoms with E-state index in [1.54, 1.807) is 56.7 Å². The van der Waals surface area contributed by atoms with Crippen molar-refractivity contribution in [3.8, 4) is 17.2 Å². The molecule has 1 heterocycles. The zero-order valence-electron chi connectivity index (χ0n) is 39.7. The Balaban J connectivity index is 0.000000213. The largest absolute Gasteiger partial charge is 0.487 e. The first kappa shape index (κ1) is 57.1. The summed E-state index contributed by atoms with van der Waals surface area (Å²) in [6, 6.07) is 11.4. The van der Waals surface area contributed by atoms with Crippen molar-refractivity contribution in [2.75, 3.05) is 73.5 Å². The number of nitrogen functional groups attached to an aromatic ring is 1. The number of hydrogen-bond acceptors (Lipinski definition) is 15. The highest BCUT2D eigenvalue weighted by Gasteiger charge is 2.31. The van der Waals surface area contributed by atoms with Crippen LogP contribution in [0.1, 0.15) is 84.7 Å². The summed E-state index contributed by atoms with van der Waals surface area (Å²) < 4.78 is 46.8. The fourth-order valence-electron chi connectivity index (χ4n) is 6.14. The molecule has 17 nitrogen and oxygen atoms in total. The van der Waals surface area contributed by atoms with Crippen molar-refractivity contribution in [2.45, 2.75) is 77.2 Å². The Morgan fingerprint density at radius 1 is 0.638 bits per heavy atom. The number of benzene rings is 3. The number of nitrogens with one attached hydrogen (secondary N) is 2. The van der Waals surface area contributed by atoms with Gasteiger partial charge in [-0.25, -0.2) is 0 Å². The van der Waals surface area contributed by atoms with Crippen LogP contribution in [0.5, 0.6) is 17.2 Å². The number of methoxy groups -OCH3 is 6. The van der Waals surface area contributed by atoms with Crippen molar-refractivity contribution in [3.63, 3.8) is 0 Å². The van der Waals surface area contributed by atoms with E-state index in [2.05, 4.69) is 10.3 Å². The van der Waals surface area contributed by atoms with E-state index < -0.39 is 18.9 Å². The summed E-state index contributed by atoms with van der Waals surface area (Å²) in [5.41, 5.74) is 8.55. The third-order valence-corrected chi connectivity index (χ3v) is 12.2. The van der Waals surface area contributed by atoms with Gasteiger partial charge in [0.15, 0.2) is 35.9 Å². The first-order chi connectivity index (χ1) is 32.9. The number of nitrogens with two attached hydrogens (primary N) is 1. The third kappa shape index (κ3) is 17.1. The predicted molar refractivity (Wildman–Crippen MR) is 264 cm³/mol. The molecule has 0 saturated heterocycles. The second-order valence-corrected chi connectivity index (χ2v) is 17.4. The number of amides is 1. The van der Waals surface area contributed by atoms with Crippen LogP contribution in [0.4, 0.5) is 11.4 Å². The Bertz CT molecular complexity index is 2450. The number of fused-ring (bicyclic) bond motifs is 1. The molecule has 3 fully saturated rings. The van der Waals surface area contributed by atoms with Gasteiger partial charge in [-0.2, -0.15) is 0 Å². The van der Waals surface area contributed by atoms with Gasteiger partial charge in [0, 0.05) is 82.8 Å². The van der Waals surface area contributed by atoms with Crippen molar-refractivity contribution in [2.24, 2.45) is 11.8 Å². The lowest BCUT2D eigenvalue weighted by Gasteiger charge is -2.18. The average Bonchev–Trinajstić information content (AvgIpc) is 4.15. The Morgan fingerprint density at radius 3 is 1.48 bits per heavy atom. The Hall–Kier alpha value is -4.53. The first-order valence-electron chi connectivity index (χ1n) is 21.8. The quantitative estimate of drug-likeness (QED) is 0.0306. The molecule has 0 radical (unpaired) electrons. The maximum Gasteiger partial charge on any atom is 0.227 e. The maximum atomic E-state index is 12.2. The molecule has 7 rings (SSSR count). The standard InChI is InChI=1S/C16H20ClNO5.C16H18ClNO4.C12H16ClNO4.C4H5ClO/c1-9(19)11-6-7-12(23-8-13(21-2)22-3)14(17)15(11)18-16(20)10-4-5-10;1-20-14(21-2)8-22-13-6-5-10-12(19)7-11(9-3-4-9)18-16(10)15(13)17;1-7(15)8-4-5-9(11(13)12(8)14)18-6-10(16-2)17-3;5-4(6)3-1-2-3/h6-7,10,13H,4-5,8H2,1-3H3,(H,18,20);5-7,9,14H,3-4,8H2,1-2H3,(H,18,19);4-5,10H,6,14H2,1-3H3;3H,1-2H2. The summed E-state index contributed by atoms with van der Waals surface area (Å²) >= 11 is 23.8. The van der Waals surface area contributed by atoms with Crippen LogP contribution in [-0.4, -0.2) is 109 Å². The molecule has 3 aliphatic rings. The number of Topliss-reactive ketones (excluding diaryl/α,β-unsaturated/α-hetero) is 2. The second kappa shape index (κ2) is 27.8. The highest BCUT2D eigenvalue weighted by Crippen LogP contribution is 2.41. The van der Waals surface area contributed by atoms with Crippen LogP contribution in [-0.2, 0) is 38.0 Å². The summed E-state index contributed by atoms with van der Waals surface area (Å²) in [5, 5.41) is 3.97. The van der Waals surface area contributed by atoms with Crippen LogP contribution in [0.3, 0.4) is 0 Å². The summed E-state index contributed by atoms with van der Waals surface area (Å²) in [6.07, 6.45) is 4.47. The van der Waals surface area contributed by atoms with Crippen LogP contribution < -0.4 is 30.7 Å². The number of halogens is 4. The van der Waals surface area contributed by atoms with E-state index in [0.717, 1.165) is 44.2 Å². The molecular formula is C48H59Cl4N3O14. The van der Waals surface area contributed by atoms with Gasteiger partial charge in [0.05, 0.1) is 16.9 Å². The Kier molecular flexibility index (Phi) is 22.9. The van der Waals surface area contributed by atoms with Crippen LogP contribution >= 0.6 is 46.4 Å². The number of anilines is 2. The fourth-order valence-corrected chi connectivity index (χ4v) is 7.11. The number of ether oxygens (including phenoxy) is 9. The van der Waals surface area contributed by atoms with E-state index in [4.69, 9.17) is 94.8 Å². The van der Waals surface area contributed by atoms with E-state index >= 15 is 0 Å². The molecule has 0 bridgehead atoms. The monoisotopic (exact) mass is 1040 g/mol. The molecule has 4 aromatic rings. The van der Waals surface area contributed by atoms with E-state index in [9.17, 15) is 24.0 Å². The van der Waals surface area contributed by atoms with Gasteiger partial charge in [0.25, 0.3) is 0 Å². The van der Waals surface area contributed by atoms with E-state index in [1.807, 2.05) is 0 Å². The molecule has 4 N–H and O–H groups in total. The summed E-state index contributed by atoms with van der Waals surface area (Å²) in [5.74, 6) is 1.46. The lowest BCUT2D eigenvalue weighted by atomic mass is 10.1. The Labute approximate surface area is 420 Å². The molecule has 21 heteroatoms. The highest BCUT2D eigenvalue weighted by molar-refractivity contribution is 6.64. The van der Waals surface area contributed by atoms with Crippen LogP contribution in [0.15, 0.2) is 47.3 Å². The summed E-state index contributed by atoms with van der Waals surface area (Å²) in [7, 11) is 9.09. The molecule has 3 aliphatic carbocycles. The molecule has 3 aromatic carbocycles. The van der Waals surface area contributed by atoms with E-state index in [1.165, 1.54) is 42.3 Å². The molecule has 378 valence electrons. The number of aromatic nitrogens is 1. The second-order valence-electron chi connectivity index (χ2n) is 15.9. The average molecular weight is 1040 g/mol. The number of carbonyl (C=O) groups excluding carboxylic acids is 4. The molecule has 0 unspecified atom stereocenters. The minimum absolute atomic E-state index is 0.00168. The molecule has 69 heavy (non-hydrogen) atoms. The lowest BCUT2D eigenvalue weighted by Crippen LogP contribution is -2.22. The number of H-pyrrole nitrogens is 1. The zero-order chi connectivity index (χ0) is 50.9. The van der Waals surface area contributed by atoms with Crippen LogP contribution in [0.2, 0.25) is 15.1 Å². The van der Waals surface area contributed by atoms with Gasteiger partial charge < -0.3 is 58.7 Å². The van der Waals surface area contributed by atoms with Crippen molar-refractivity contribution >= 4 is 91.4 Å². The minimum Gasteiger partial charge on any atom is -0.487 e. The van der Waals surface area contributed by atoms with Gasteiger partial charge in [-0.15, -0.1) is 0 Å². The van der Waals surface area contributed by atoms with Gasteiger partial charge in [-0.1, -0.05) is 34.8 Å². The van der Waals surface area contributed by atoms with E-state index in [0.29, 0.717) is 55.9 Å². The van der Waals surface area contributed by atoms with Crippen LogP contribution in [0, 0.1) is 11.8 Å². The number of carbonyl (C=O) groups is 4. The smallest absolute Gasteiger partial charge is 0.227 e. The third-order valence-electron chi connectivity index (χ3n) is 10.8.